The van der Waals surface area contributed by atoms with Gasteiger partial charge in [0.15, 0.2) is 0 Å². The van der Waals surface area contributed by atoms with E-state index in [0.717, 1.165) is 18.2 Å². The minimum atomic E-state index is -4.45. The lowest BCUT2D eigenvalue weighted by molar-refractivity contribution is -0.137. The predicted molar refractivity (Wildman–Crippen MR) is 144 cm³/mol. The SMILES string of the molecule is CC(C)(C)OC(=O)N1Cc2c(c3cnn(COCC[Si](C)(C)C)c3n(Cc3ccc(C(F)(F)F)cc3)c2=O)C1. The number of halogens is 3. The van der Waals surface area contributed by atoms with Crippen LogP contribution in [0, 0.1) is 0 Å². The van der Waals surface area contributed by atoms with Crippen LogP contribution >= 0.6 is 0 Å². The van der Waals surface area contributed by atoms with Crippen molar-refractivity contribution in [1.82, 2.24) is 19.2 Å². The molecule has 0 radical (unpaired) electrons. The zero-order valence-corrected chi connectivity index (χ0v) is 24.2. The van der Waals surface area contributed by atoms with Crippen LogP contribution in [0.4, 0.5) is 18.0 Å². The van der Waals surface area contributed by atoms with E-state index in [1.807, 2.05) is 0 Å². The molecule has 0 atom stereocenters. The molecule has 39 heavy (non-hydrogen) atoms. The highest BCUT2D eigenvalue weighted by atomic mass is 28.3. The molecule has 0 spiro atoms. The van der Waals surface area contributed by atoms with Crippen LogP contribution in [0.5, 0.6) is 0 Å². The zero-order valence-electron chi connectivity index (χ0n) is 23.2. The molecule has 212 valence electrons. The van der Waals surface area contributed by atoms with Gasteiger partial charge >= 0.3 is 12.3 Å². The van der Waals surface area contributed by atoms with Gasteiger partial charge in [0.2, 0.25) is 0 Å². The molecule has 1 aliphatic heterocycles. The molecular weight excluding hydrogens is 529 g/mol. The molecule has 0 saturated heterocycles. The number of ether oxygens (including phenoxy) is 2. The van der Waals surface area contributed by atoms with Gasteiger partial charge in [-0.1, -0.05) is 31.8 Å². The van der Waals surface area contributed by atoms with Crippen molar-refractivity contribution in [1.29, 1.82) is 0 Å². The summed E-state index contributed by atoms with van der Waals surface area (Å²) in [5, 5.41) is 5.18. The van der Waals surface area contributed by atoms with Crippen molar-refractivity contribution < 1.29 is 27.4 Å². The molecule has 4 rings (SSSR count). The van der Waals surface area contributed by atoms with Crippen molar-refractivity contribution in [3.8, 4) is 0 Å². The lowest BCUT2D eigenvalue weighted by Gasteiger charge is -2.24. The van der Waals surface area contributed by atoms with E-state index in [9.17, 15) is 22.8 Å². The van der Waals surface area contributed by atoms with Gasteiger partial charge in [-0.3, -0.25) is 14.3 Å². The van der Waals surface area contributed by atoms with Crippen LogP contribution in [0.2, 0.25) is 25.7 Å². The summed E-state index contributed by atoms with van der Waals surface area (Å²) in [6, 6.07) is 5.71. The first-order valence-electron chi connectivity index (χ1n) is 12.9. The fourth-order valence-electron chi connectivity index (χ4n) is 4.42. The number of benzene rings is 1. The maximum atomic E-state index is 13.8. The maximum Gasteiger partial charge on any atom is 0.416 e. The molecule has 0 bridgehead atoms. The molecule has 3 aromatic rings. The molecule has 0 fully saturated rings. The standard InChI is InChI=1S/C27H35F3N4O4Si/c1-26(2,3)38-25(36)32-15-21-20-13-31-34(17-37-11-12-39(4,5)6)23(20)33(24(35)22(21)16-32)14-18-7-9-19(10-8-18)27(28,29)30/h7-10,13H,11-12,14-17H2,1-6H3. The number of hydrogen-bond acceptors (Lipinski definition) is 5. The third kappa shape index (κ3) is 6.72. The van der Waals surface area contributed by atoms with E-state index in [4.69, 9.17) is 9.47 Å². The molecule has 12 heteroatoms. The second kappa shape index (κ2) is 10.5. The van der Waals surface area contributed by atoms with Crippen molar-refractivity contribution in [3.63, 3.8) is 0 Å². The van der Waals surface area contributed by atoms with E-state index >= 15 is 0 Å². The van der Waals surface area contributed by atoms with E-state index in [0.29, 0.717) is 34.3 Å². The molecule has 1 aromatic carbocycles. The number of rotatable bonds is 7. The van der Waals surface area contributed by atoms with Crippen LogP contribution in [0.15, 0.2) is 35.3 Å². The van der Waals surface area contributed by atoms with Crippen LogP contribution in [0.1, 0.15) is 43.0 Å². The van der Waals surface area contributed by atoms with E-state index in [1.54, 1.807) is 31.6 Å². The summed E-state index contributed by atoms with van der Waals surface area (Å²) in [5.41, 5.74) is 0.386. The zero-order chi connectivity index (χ0) is 28.8. The number of fused-ring (bicyclic) bond motifs is 3. The van der Waals surface area contributed by atoms with Crippen molar-refractivity contribution >= 4 is 25.2 Å². The maximum absolute atomic E-state index is 13.8. The number of aromatic nitrogens is 3. The first-order valence-corrected chi connectivity index (χ1v) is 16.6. The second-order valence-corrected chi connectivity index (χ2v) is 17.7. The summed E-state index contributed by atoms with van der Waals surface area (Å²) in [5.74, 6) is 0. The minimum absolute atomic E-state index is 0.0355. The number of carbonyl (C=O) groups excluding carboxylic acids is 1. The van der Waals surface area contributed by atoms with Crippen LogP contribution in [-0.2, 0) is 42.0 Å². The molecule has 0 aliphatic carbocycles. The summed E-state index contributed by atoms with van der Waals surface area (Å²) in [7, 11) is -1.31. The van der Waals surface area contributed by atoms with Crippen LogP contribution in [-0.4, -0.2) is 45.6 Å². The number of amides is 1. The van der Waals surface area contributed by atoms with Crippen LogP contribution < -0.4 is 5.56 Å². The highest BCUT2D eigenvalue weighted by Crippen LogP contribution is 2.31. The molecule has 3 heterocycles. The van der Waals surface area contributed by atoms with Gasteiger partial charge in [0.25, 0.3) is 5.56 Å². The minimum Gasteiger partial charge on any atom is -0.444 e. The summed E-state index contributed by atoms with van der Waals surface area (Å²) in [6.07, 6.45) is -3.33. The van der Waals surface area contributed by atoms with Crippen LogP contribution in [0.25, 0.3) is 11.0 Å². The van der Waals surface area contributed by atoms with E-state index in [2.05, 4.69) is 24.7 Å². The summed E-state index contributed by atoms with van der Waals surface area (Å²) in [4.78, 5) is 28.1. The monoisotopic (exact) mass is 564 g/mol. The summed E-state index contributed by atoms with van der Waals surface area (Å²) < 4.78 is 53.8. The van der Waals surface area contributed by atoms with Gasteiger partial charge < -0.3 is 9.47 Å². The number of carbonyl (C=O) groups is 1. The molecule has 1 aliphatic rings. The highest BCUT2D eigenvalue weighted by Gasteiger charge is 2.33. The average molecular weight is 565 g/mol. The van der Waals surface area contributed by atoms with Gasteiger partial charge in [-0.15, -0.1) is 0 Å². The molecular formula is C27H35F3N4O4Si. The Bertz CT molecular complexity index is 1420. The number of pyridine rings is 1. The first kappa shape index (κ1) is 28.9. The Labute approximate surface area is 226 Å². The summed E-state index contributed by atoms with van der Waals surface area (Å²) >= 11 is 0. The van der Waals surface area contributed by atoms with Gasteiger partial charge in [-0.2, -0.15) is 18.3 Å². The van der Waals surface area contributed by atoms with Crippen molar-refractivity contribution in [3.05, 3.63) is 63.1 Å². The molecule has 0 unspecified atom stereocenters. The first-order chi connectivity index (χ1) is 18.0. The smallest absolute Gasteiger partial charge is 0.416 e. The Morgan fingerprint density at radius 1 is 1.05 bits per heavy atom. The molecule has 2 aromatic heterocycles. The lowest BCUT2D eigenvalue weighted by Crippen LogP contribution is -2.34. The number of nitrogens with zero attached hydrogens (tertiary/aromatic N) is 4. The van der Waals surface area contributed by atoms with Gasteiger partial charge in [0.1, 0.15) is 18.0 Å². The van der Waals surface area contributed by atoms with E-state index in [-0.39, 0.29) is 31.9 Å². The second-order valence-electron chi connectivity index (χ2n) is 12.1. The Balaban J connectivity index is 1.72. The van der Waals surface area contributed by atoms with Crippen molar-refractivity contribution in [2.75, 3.05) is 6.61 Å². The van der Waals surface area contributed by atoms with Crippen LogP contribution in [0.3, 0.4) is 0 Å². The van der Waals surface area contributed by atoms with Gasteiger partial charge in [0, 0.05) is 25.6 Å². The van der Waals surface area contributed by atoms with Crippen molar-refractivity contribution in [2.45, 2.75) is 84.6 Å². The average Bonchev–Trinajstić information content (AvgIpc) is 3.42. The molecule has 8 nitrogen and oxygen atoms in total. The van der Waals surface area contributed by atoms with Crippen molar-refractivity contribution in [2.24, 2.45) is 0 Å². The summed E-state index contributed by atoms with van der Waals surface area (Å²) in [6.45, 7) is 13.0. The Kier molecular flexibility index (Phi) is 7.74. The van der Waals surface area contributed by atoms with E-state index < -0.39 is 31.5 Å². The van der Waals surface area contributed by atoms with Gasteiger partial charge in [-0.05, 0) is 50.1 Å². The Morgan fingerprint density at radius 2 is 1.69 bits per heavy atom. The Hall–Kier alpha value is -3.12. The number of alkyl halides is 3. The Morgan fingerprint density at radius 3 is 2.28 bits per heavy atom. The van der Waals surface area contributed by atoms with Gasteiger partial charge in [-0.25, -0.2) is 9.48 Å². The number of hydrogen-bond donors (Lipinski definition) is 0. The molecule has 1 amide bonds. The van der Waals surface area contributed by atoms with E-state index in [1.165, 1.54) is 21.6 Å². The highest BCUT2D eigenvalue weighted by molar-refractivity contribution is 6.76. The quantitative estimate of drug-likeness (QED) is 0.267. The third-order valence-electron chi connectivity index (χ3n) is 6.44. The normalized spacial score (nSPS) is 14.2. The fourth-order valence-corrected chi connectivity index (χ4v) is 5.17. The molecule has 0 saturated carbocycles. The third-order valence-corrected chi connectivity index (χ3v) is 8.15. The van der Waals surface area contributed by atoms with Gasteiger partial charge in [0.05, 0.1) is 31.4 Å². The lowest BCUT2D eigenvalue weighted by atomic mass is 10.1. The topological polar surface area (TPSA) is 78.6 Å². The fraction of sp³-hybridized carbons (Fsp3) is 0.519. The largest absolute Gasteiger partial charge is 0.444 e. The predicted octanol–water partition coefficient (Wildman–Crippen LogP) is 5.83. The molecule has 0 N–H and O–H groups in total.